The van der Waals surface area contributed by atoms with Crippen LogP contribution in [0.1, 0.15) is 24.9 Å². The number of carbonyl (C=O) groups is 1. The molecule has 0 unspecified atom stereocenters. The molecule has 1 saturated heterocycles. The van der Waals surface area contributed by atoms with Gasteiger partial charge >= 0.3 is 0 Å². The van der Waals surface area contributed by atoms with Gasteiger partial charge in [0.05, 0.1) is 12.1 Å². The molecular formula is C16H24N2O2S. The monoisotopic (exact) mass is 308 g/mol. The normalized spacial score (nSPS) is 19.0. The van der Waals surface area contributed by atoms with Crippen molar-refractivity contribution in [3.8, 4) is 0 Å². The molecule has 1 heterocycles. The first-order valence-corrected chi connectivity index (χ1v) is 8.66. The summed E-state index contributed by atoms with van der Waals surface area (Å²) in [7, 11) is 0. The molecule has 0 spiro atoms. The molecule has 0 aromatic heterocycles. The van der Waals surface area contributed by atoms with Gasteiger partial charge in [-0.25, -0.2) is 0 Å². The van der Waals surface area contributed by atoms with Crippen LogP contribution in [0, 0.1) is 0 Å². The predicted molar refractivity (Wildman–Crippen MR) is 87.4 cm³/mol. The lowest BCUT2D eigenvalue weighted by atomic mass is 10.0. The Morgan fingerprint density at radius 2 is 2.00 bits per heavy atom. The van der Waals surface area contributed by atoms with Gasteiger partial charge in [0.2, 0.25) is 5.91 Å². The Balaban J connectivity index is 1.97. The summed E-state index contributed by atoms with van der Waals surface area (Å²) >= 11 is 1.94. The molecule has 1 aliphatic heterocycles. The molecule has 21 heavy (non-hydrogen) atoms. The van der Waals surface area contributed by atoms with Gasteiger partial charge in [-0.1, -0.05) is 30.3 Å². The van der Waals surface area contributed by atoms with Crippen LogP contribution in [0.25, 0.3) is 0 Å². The van der Waals surface area contributed by atoms with Gasteiger partial charge in [0.15, 0.2) is 0 Å². The van der Waals surface area contributed by atoms with Gasteiger partial charge in [-0.3, -0.25) is 9.69 Å². The number of benzene rings is 1. The number of hydrogen-bond donors (Lipinski definition) is 2. The molecule has 116 valence electrons. The van der Waals surface area contributed by atoms with Crippen molar-refractivity contribution in [1.29, 1.82) is 0 Å². The first-order chi connectivity index (χ1) is 10.2. The Kier molecular flexibility index (Phi) is 6.54. The molecule has 2 N–H and O–H groups in total. The van der Waals surface area contributed by atoms with E-state index >= 15 is 0 Å². The smallest absolute Gasteiger partial charge is 0.237 e. The highest BCUT2D eigenvalue weighted by molar-refractivity contribution is 7.99. The molecule has 2 atom stereocenters. The van der Waals surface area contributed by atoms with Crippen molar-refractivity contribution >= 4 is 17.7 Å². The van der Waals surface area contributed by atoms with Crippen molar-refractivity contribution in [3.63, 3.8) is 0 Å². The summed E-state index contributed by atoms with van der Waals surface area (Å²) < 4.78 is 0. The van der Waals surface area contributed by atoms with Crippen LogP contribution in [0.15, 0.2) is 30.3 Å². The van der Waals surface area contributed by atoms with Crippen molar-refractivity contribution in [2.75, 3.05) is 31.2 Å². The molecule has 0 saturated carbocycles. The third-order valence-corrected chi connectivity index (χ3v) is 4.85. The van der Waals surface area contributed by atoms with E-state index < -0.39 is 0 Å². The van der Waals surface area contributed by atoms with Gasteiger partial charge in [0.25, 0.3) is 0 Å². The van der Waals surface area contributed by atoms with Crippen molar-refractivity contribution in [1.82, 2.24) is 10.2 Å². The number of carbonyl (C=O) groups excluding carboxylic acids is 1. The van der Waals surface area contributed by atoms with Gasteiger partial charge < -0.3 is 10.4 Å². The lowest BCUT2D eigenvalue weighted by molar-refractivity contribution is -0.126. The van der Waals surface area contributed by atoms with E-state index in [1.54, 1.807) is 0 Å². The summed E-state index contributed by atoms with van der Waals surface area (Å²) in [6.07, 6.45) is 0.540. The summed E-state index contributed by atoms with van der Waals surface area (Å²) in [5.41, 5.74) is 1.04. The largest absolute Gasteiger partial charge is 0.396 e. The molecule has 1 fully saturated rings. The zero-order valence-electron chi connectivity index (χ0n) is 12.5. The zero-order chi connectivity index (χ0) is 15.1. The third-order valence-electron chi connectivity index (χ3n) is 3.91. The number of rotatable bonds is 6. The van der Waals surface area contributed by atoms with E-state index in [1.807, 2.05) is 49.0 Å². The summed E-state index contributed by atoms with van der Waals surface area (Å²) in [6, 6.07) is 9.61. The van der Waals surface area contributed by atoms with Crippen LogP contribution in [0.5, 0.6) is 0 Å². The van der Waals surface area contributed by atoms with Gasteiger partial charge in [0, 0.05) is 31.2 Å². The van der Waals surface area contributed by atoms with E-state index in [9.17, 15) is 9.90 Å². The molecule has 1 aliphatic rings. The Hall–Kier alpha value is -1.04. The second-order valence-corrected chi connectivity index (χ2v) is 6.53. The highest BCUT2D eigenvalue weighted by Gasteiger charge is 2.25. The number of aliphatic hydroxyl groups is 1. The fraction of sp³-hybridized carbons (Fsp3) is 0.562. The van der Waals surface area contributed by atoms with Crippen LogP contribution in [0.2, 0.25) is 0 Å². The van der Waals surface area contributed by atoms with Crippen molar-refractivity contribution < 1.29 is 9.90 Å². The SMILES string of the molecule is C[C@H](C(=O)N[C@H](CCO)c1ccccc1)N1CCSCC1. The molecule has 4 nitrogen and oxygen atoms in total. The molecule has 2 rings (SSSR count). The van der Waals surface area contributed by atoms with Crippen molar-refractivity contribution in [2.45, 2.75) is 25.4 Å². The number of hydrogen-bond acceptors (Lipinski definition) is 4. The lowest BCUT2D eigenvalue weighted by Gasteiger charge is -2.32. The minimum Gasteiger partial charge on any atom is -0.396 e. The average molecular weight is 308 g/mol. The third kappa shape index (κ3) is 4.73. The molecular weight excluding hydrogens is 284 g/mol. The Bertz CT molecular complexity index is 435. The van der Waals surface area contributed by atoms with Crippen LogP contribution in [0.3, 0.4) is 0 Å². The standard InChI is InChI=1S/C16H24N2O2S/c1-13(18-8-11-21-12-9-18)16(20)17-15(7-10-19)14-5-3-2-4-6-14/h2-6,13,15,19H,7-12H2,1H3,(H,17,20)/t13-,15-/m1/s1. The minimum atomic E-state index is -0.120. The van der Waals surface area contributed by atoms with Crippen molar-refractivity contribution in [2.24, 2.45) is 0 Å². The van der Waals surface area contributed by atoms with Crippen molar-refractivity contribution in [3.05, 3.63) is 35.9 Å². The van der Waals surface area contributed by atoms with Gasteiger partial charge in [0.1, 0.15) is 0 Å². The number of nitrogens with zero attached hydrogens (tertiary/aromatic N) is 1. The summed E-state index contributed by atoms with van der Waals surface area (Å²) in [5, 5.41) is 12.3. The van der Waals surface area contributed by atoms with E-state index in [0.29, 0.717) is 6.42 Å². The summed E-state index contributed by atoms with van der Waals surface area (Å²) in [4.78, 5) is 14.7. The number of aliphatic hydroxyl groups excluding tert-OH is 1. The second-order valence-electron chi connectivity index (χ2n) is 5.31. The molecule has 0 radical (unpaired) electrons. The van der Waals surface area contributed by atoms with E-state index in [4.69, 9.17) is 0 Å². The predicted octanol–water partition coefficient (Wildman–Crippen LogP) is 1.66. The molecule has 5 heteroatoms. The van der Waals surface area contributed by atoms with Crippen LogP contribution in [-0.2, 0) is 4.79 Å². The molecule has 1 aromatic carbocycles. The highest BCUT2D eigenvalue weighted by atomic mass is 32.2. The first-order valence-electron chi connectivity index (χ1n) is 7.50. The van der Waals surface area contributed by atoms with Gasteiger partial charge in [-0.2, -0.15) is 11.8 Å². The van der Waals surface area contributed by atoms with Crippen LogP contribution < -0.4 is 5.32 Å². The number of thioether (sulfide) groups is 1. The van der Waals surface area contributed by atoms with E-state index in [-0.39, 0.29) is 24.6 Å². The molecule has 1 amide bonds. The minimum absolute atomic E-state index is 0.0456. The van der Waals surface area contributed by atoms with E-state index in [2.05, 4.69) is 10.2 Å². The average Bonchev–Trinajstić information content (AvgIpc) is 2.55. The Labute approximate surface area is 130 Å². The molecule has 1 aromatic rings. The maximum absolute atomic E-state index is 12.5. The summed E-state index contributed by atoms with van der Waals surface area (Å²) in [5.74, 6) is 2.23. The first kappa shape index (κ1) is 16.3. The van der Waals surface area contributed by atoms with Crippen LogP contribution in [-0.4, -0.2) is 53.2 Å². The second kappa shape index (κ2) is 8.41. The van der Waals surface area contributed by atoms with Gasteiger partial charge in [-0.15, -0.1) is 0 Å². The Morgan fingerprint density at radius 3 is 2.62 bits per heavy atom. The fourth-order valence-electron chi connectivity index (χ4n) is 2.56. The zero-order valence-corrected chi connectivity index (χ0v) is 13.3. The Morgan fingerprint density at radius 1 is 1.33 bits per heavy atom. The highest BCUT2D eigenvalue weighted by Crippen LogP contribution is 2.18. The fourth-order valence-corrected chi connectivity index (χ4v) is 3.49. The number of amides is 1. The maximum Gasteiger partial charge on any atom is 0.237 e. The summed E-state index contributed by atoms with van der Waals surface area (Å²) in [6.45, 7) is 3.96. The maximum atomic E-state index is 12.5. The van der Waals surface area contributed by atoms with Crippen LogP contribution in [0.4, 0.5) is 0 Å². The van der Waals surface area contributed by atoms with Crippen LogP contribution >= 0.6 is 11.8 Å². The van der Waals surface area contributed by atoms with E-state index in [0.717, 1.165) is 30.2 Å². The van der Waals surface area contributed by atoms with E-state index in [1.165, 1.54) is 0 Å². The number of nitrogens with one attached hydrogen (secondary N) is 1. The quantitative estimate of drug-likeness (QED) is 0.839. The topological polar surface area (TPSA) is 52.6 Å². The molecule has 0 aliphatic carbocycles. The molecule has 0 bridgehead atoms. The van der Waals surface area contributed by atoms with Gasteiger partial charge in [-0.05, 0) is 18.9 Å². The lowest BCUT2D eigenvalue weighted by Crippen LogP contribution is -2.49.